The maximum Gasteiger partial charge on any atom is 0.224 e. The fourth-order valence-corrected chi connectivity index (χ4v) is 2.53. The summed E-state index contributed by atoms with van der Waals surface area (Å²) in [4.78, 5) is 23.1. The van der Waals surface area contributed by atoms with Gasteiger partial charge in [-0.05, 0) is 29.8 Å². The highest BCUT2D eigenvalue weighted by Gasteiger charge is 2.06. The van der Waals surface area contributed by atoms with Crippen molar-refractivity contribution in [1.82, 2.24) is 15.1 Å². The van der Waals surface area contributed by atoms with E-state index >= 15 is 0 Å². The molecule has 0 aliphatic carbocycles. The number of carbonyl (C=O) groups is 2. The number of para-hydroxylation sites is 1. The van der Waals surface area contributed by atoms with Crippen LogP contribution in [0.1, 0.15) is 18.1 Å². The van der Waals surface area contributed by atoms with Crippen molar-refractivity contribution in [1.29, 1.82) is 0 Å². The first-order chi connectivity index (χ1) is 12.6. The molecule has 0 spiro atoms. The molecule has 0 aliphatic heterocycles. The highest BCUT2D eigenvalue weighted by Crippen LogP contribution is 2.10. The number of aromatic nitrogens is 2. The second-order valence-corrected chi connectivity index (χ2v) is 5.96. The fourth-order valence-electron chi connectivity index (χ4n) is 2.53. The zero-order valence-electron chi connectivity index (χ0n) is 14.5. The van der Waals surface area contributed by atoms with Gasteiger partial charge in [0.05, 0.1) is 18.3 Å². The zero-order chi connectivity index (χ0) is 18.4. The fraction of sp³-hybridized carbons (Fsp3) is 0.150. The van der Waals surface area contributed by atoms with Crippen LogP contribution in [0.4, 0.5) is 5.69 Å². The molecule has 2 amide bonds. The Balaban J connectivity index is 1.51. The Bertz CT molecular complexity index is 886. The lowest BCUT2D eigenvalue weighted by molar-refractivity contribution is -0.120. The van der Waals surface area contributed by atoms with Crippen molar-refractivity contribution in [3.05, 3.63) is 78.1 Å². The molecule has 1 aromatic heterocycles. The molecule has 2 N–H and O–H groups in total. The van der Waals surface area contributed by atoms with Gasteiger partial charge in [0.2, 0.25) is 11.8 Å². The number of hydrogen-bond donors (Lipinski definition) is 2. The molecule has 2 aromatic carbocycles. The van der Waals surface area contributed by atoms with E-state index < -0.39 is 0 Å². The Morgan fingerprint density at radius 1 is 1.00 bits per heavy atom. The standard InChI is InChI=1S/C20H20N4O2/c1-15(25)23-18-9-7-16(8-10-18)11-20(26)21-12-17-13-22-24(14-17)19-5-3-2-4-6-19/h2-10,13-14H,11-12H2,1H3,(H,21,26)(H,23,25). The minimum absolute atomic E-state index is 0.0651. The van der Waals surface area contributed by atoms with Crippen molar-refractivity contribution < 1.29 is 9.59 Å². The van der Waals surface area contributed by atoms with Crippen LogP contribution in [0.3, 0.4) is 0 Å². The Kier molecular flexibility index (Phi) is 5.43. The number of anilines is 1. The third kappa shape index (κ3) is 4.80. The molecule has 3 aromatic rings. The van der Waals surface area contributed by atoms with Crippen molar-refractivity contribution in [3.63, 3.8) is 0 Å². The molecule has 26 heavy (non-hydrogen) atoms. The number of benzene rings is 2. The number of hydrogen-bond acceptors (Lipinski definition) is 3. The number of carbonyl (C=O) groups excluding carboxylic acids is 2. The van der Waals surface area contributed by atoms with Gasteiger partial charge in [-0.2, -0.15) is 5.10 Å². The second kappa shape index (κ2) is 8.11. The lowest BCUT2D eigenvalue weighted by atomic mass is 10.1. The van der Waals surface area contributed by atoms with E-state index in [4.69, 9.17) is 0 Å². The average molecular weight is 348 g/mol. The van der Waals surface area contributed by atoms with Gasteiger partial charge in [0.15, 0.2) is 0 Å². The summed E-state index contributed by atoms with van der Waals surface area (Å²) in [6.45, 7) is 1.89. The quantitative estimate of drug-likeness (QED) is 0.719. The SMILES string of the molecule is CC(=O)Nc1ccc(CC(=O)NCc2cnn(-c3ccccc3)c2)cc1. The van der Waals surface area contributed by atoms with E-state index in [1.807, 2.05) is 48.7 Å². The zero-order valence-corrected chi connectivity index (χ0v) is 14.5. The van der Waals surface area contributed by atoms with Crippen LogP contribution >= 0.6 is 0 Å². The highest BCUT2D eigenvalue weighted by atomic mass is 16.2. The number of nitrogens with zero attached hydrogens (tertiary/aromatic N) is 2. The maximum absolute atomic E-state index is 12.1. The van der Waals surface area contributed by atoms with Crippen LogP contribution < -0.4 is 10.6 Å². The van der Waals surface area contributed by atoms with Crippen molar-refractivity contribution in [2.24, 2.45) is 0 Å². The van der Waals surface area contributed by atoms with E-state index in [1.54, 1.807) is 23.0 Å². The van der Waals surface area contributed by atoms with Gasteiger partial charge in [-0.1, -0.05) is 30.3 Å². The van der Waals surface area contributed by atoms with Crippen molar-refractivity contribution in [3.8, 4) is 5.69 Å². The topological polar surface area (TPSA) is 76.0 Å². The lowest BCUT2D eigenvalue weighted by Crippen LogP contribution is -2.24. The first-order valence-corrected chi connectivity index (χ1v) is 8.32. The van der Waals surface area contributed by atoms with E-state index in [0.29, 0.717) is 6.54 Å². The molecule has 0 atom stereocenters. The molecular formula is C20H20N4O2. The van der Waals surface area contributed by atoms with Crippen LogP contribution in [0.5, 0.6) is 0 Å². The first-order valence-electron chi connectivity index (χ1n) is 8.32. The summed E-state index contributed by atoms with van der Waals surface area (Å²) in [6.07, 6.45) is 3.93. The van der Waals surface area contributed by atoms with Crippen LogP contribution in [0.2, 0.25) is 0 Å². The normalized spacial score (nSPS) is 10.3. The predicted octanol–water partition coefficient (Wildman–Crippen LogP) is 2.69. The molecule has 6 heteroatoms. The molecule has 0 saturated heterocycles. The van der Waals surface area contributed by atoms with Gasteiger partial charge in [-0.15, -0.1) is 0 Å². The van der Waals surface area contributed by atoms with Gasteiger partial charge in [0, 0.05) is 30.9 Å². The Hall–Kier alpha value is -3.41. The van der Waals surface area contributed by atoms with Gasteiger partial charge < -0.3 is 10.6 Å². The Morgan fingerprint density at radius 2 is 1.73 bits per heavy atom. The van der Waals surface area contributed by atoms with Crippen LogP contribution in [0.25, 0.3) is 5.69 Å². The summed E-state index contributed by atoms with van der Waals surface area (Å²) in [5.41, 5.74) is 3.51. The Labute approximate surface area is 151 Å². The van der Waals surface area contributed by atoms with E-state index in [-0.39, 0.29) is 18.2 Å². The summed E-state index contributed by atoms with van der Waals surface area (Å²) in [7, 11) is 0. The van der Waals surface area contributed by atoms with E-state index in [0.717, 1.165) is 22.5 Å². The van der Waals surface area contributed by atoms with Gasteiger partial charge >= 0.3 is 0 Å². The van der Waals surface area contributed by atoms with Crippen LogP contribution in [0, 0.1) is 0 Å². The van der Waals surface area contributed by atoms with Gasteiger partial charge in [0.25, 0.3) is 0 Å². The molecule has 0 bridgehead atoms. The molecule has 0 saturated carbocycles. The van der Waals surface area contributed by atoms with Gasteiger partial charge in [-0.3, -0.25) is 9.59 Å². The molecular weight excluding hydrogens is 328 g/mol. The van der Waals surface area contributed by atoms with Crippen LogP contribution in [0.15, 0.2) is 67.0 Å². The maximum atomic E-state index is 12.1. The second-order valence-electron chi connectivity index (χ2n) is 5.96. The van der Waals surface area contributed by atoms with Crippen LogP contribution in [-0.2, 0) is 22.6 Å². The van der Waals surface area contributed by atoms with E-state index in [9.17, 15) is 9.59 Å². The molecule has 6 nitrogen and oxygen atoms in total. The average Bonchev–Trinajstić information content (AvgIpc) is 3.11. The molecule has 0 radical (unpaired) electrons. The summed E-state index contributed by atoms with van der Waals surface area (Å²) >= 11 is 0. The molecule has 0 unspecified atom stereocenters. The minimum atomic E-state index is -0.119. The molecule has 0 fully saturated rings. The smallest absolute Gasteiger partial charge is 0.224 e. The summed E-state index contributed by atoms with van der Waals surface area (Å²) in [6, 6.07) is 17.0. The molecule has 3 rings (SSSR count). The van der Waals surface area contributed by atoms with Crippen molar-refractivity contribution in [2.45, 2.75) is 19.9 Å². The minimum Gasteiger partial charge on any atom is -0.352 e. The monoisotopic (exact) mass is 348 g/mol. The van der Waals surface area contributed by atoms with E-state index in [2.05, 4.69) is 15.7 Å². The first kappa shape index (κ1) is 17.4. The third-order valence-corrected chi connectivity index (χ3v) is 3.79. The number of amides is 2. The molecule has 0 aliphatic rings. The van der Waals surface area contributed by atoms with Crippen molar-refractivity contribution in [2.75, 3.05) is 5.32 Å². The predicted molar refractivity (Wildman–Crippen MR) is 99.9 cm³/mol. The van der Waals surface area contributed by atoms with Gasteiger partial charge in [0.1, 0.15) is 0 Å². The number of rotatable bonds is 6. The highest BCUT2D eigenvalue weighted by molar-refractivity contribution is 5.88. The molecule has 132 valence electrons. The Morgan fingerprint density at radius 3 is 2.42 bits per heavy atom. The largest absolute Gasteiger partial charge is 0.352 e. The number of nitrogens with one attached hydrogen (secondary N) is 2. The molecule has 1 heterocycles. The van der Waals surface area contributed by atoms with E-state index in [1.165, 1.54) is 6.92 Å². The van der Waals surface area contributed by atoms with Crippen LogP contribution in [-0.4, -0.2) is 21.6 Å². The summed E-state index contributed by atoms with van der Waals surface area (Å²) in [5, 5.41) is 9.91. The lowest BCUT2D eigenvalue weighted by Gasteiger charge is -2.06. The third-order valence-electron chi connectivity index (χ3n) is 3.79. The summed E-state index contributed by atoms with van der Waals surface area (Å²) < 4.78 is 1.78. The van der Waals surface area contributed by atoms with Crippen molar-refractivity contribution >= 4 is 17.5 Å². The van der Waals surface area contributed by atoms with Gasteiger partial charge in [-0.25, -0.2) is 4.68 Å². The summed E-state index contributed by atoms with van der Waals surface area (Å²) in [5.74, 6) is -0.184.